The van der Waals surface area contributed by atoms with Crippen LogP contribution < -0.4 is 0 Å². The topological polar surface area (TPSA) is 83.3 Å². The molecule has 4 rings (SSSR count). The van der Waals surface area contributed by atoms with Crippen LogP contribution in [-0.2, 0) is 6.42 Å². The summed E-state index contributed by atoms with van der Waals surface area (Å²) in [5, 5.41) is 8.93. The summed E-state index contributed by atoms with van der Waals surface area (Å²) in [6.07, 6.45) is 0.462. The number of aromatic nitrogens is 1. The largest absolute Gasteiger partial charge is 0.458 e. The molecule has 2 aromatic carbocycles. The number of carbonyl (C=O) groups excluding carboxylic acids is 2. The first kappa shape index (κ1) is 20.5. The third-order valence-corrected chi connectivity index (χ3v) is 5.02. The van der Waals surface area contributed by atoms with Crippen LogP contribution in [0.1, 0.15) is 33.2 Å². The van der Waals surface area contributed by atoms with Crippen LogP contribution in [-0.4, -0.2) is 28.3 Å². The highest BCUT2D eigenvalue weighted by atomic mass is 19.1. The lowest BCUT2D eigenvalue weighted by Crippen LogP contribution is -2.04. The van der Waals surface area contributed by atoms with E-state index < -0.39 is 12.4 Å². The molecule has 0 aliphatic rings. The standard InChI is InChI=1S/C25H20FNO4/c26-18-8-6-16(7-9-18)20-14-21(17-4-2-1-3-5-17)27-25(20)22(29)12-10-19-11-13-24(31-19)23(30)15-28/h1-9,11,13-14,27-28H,10,12,15H2. The summed E-state index contributed by atoms with van der Waals surface area (Å²) < 4.78 is 18.8. The molecule has 2 heterocycles. The Bertz CT molecular complexity index is 1210. The van der Waals surface area contributed by atoms with Gasteiger partial charge in [0.1, 0.15) is 18.2 Å². The molecule has 156 valence electrons. The van der Waals surface area contributed by atoms with Gasteiger partial charge in [0.25, 0.3) is 0 Å². The minimum atomic E-state index is -0.627. The van der Waals surface area contributed by atoms with Gasteiger partial charge in [-0.15, -0.1) is 0 Å². The second-order valence-electron chi connectivity index (χ2n) is 7.12. The molecule has 0 aliphatic carbocycles. The van der Waals surface area contributed by atoms with Crippen molar-refractivity contribution in [3.63, 3.8) is 0 Å². The third-order valence-electron chi connectivity index (χ3n) is 5.02. The van der Waals surface area contributed by atoms with Gasteiger partial charge in [0, 0.05) is 24.1 Å². The maximum atomic E-state index is 13.4. The molecule has 0 fully saturated rings. The first-order chi connectivity index (χ1) is 15.0. The Kier molecular flexibility index (Phi) is 5.91. The fourth-order valence-corrected chi connectivity index (χ4v) is 3.41. The fraction of sp³-hybridized carbons (Fsp3) is 0.120. The number of halogens is 1. The molecule has 0 amide bonds. The second-order valence-corrected chi connectivity index (χ2v) is 7.12. The molecule has 0 bridgehead atoms. The summed E-state index contributed by atoms with van der Waals surface area (Å²) in [7, 11) is 0. The van der Waals surface area contributed by atoms with E-state index in [-0.39, 0.29) is 23.8 Å². The van der Waals surface area contributed by atoms with Gasteiger partial charge < -0.3 is 14.5 Å². The highest BCUT2D eigenvalue weighted by molar-refractivity contribution is 6.02. The minimum Gasteiger partial charge on any atom is -0.458 e. The highest BCUT2D eigenvalue weighted by Gasteiger charge is 2.19. The number of furan rings is 1. The van der Waals surface area contributed by atoms with E-state index in [1.54, 1.807) is 18.2 Å². The van der Waals surface area contributed by atoms with Crippen molar-refractivity contribution in [2.24, 2.45) is 0 Å². The monoisotopic (exact) mass is 417 g/mol. The van der Waals surface area contributed by atoms with Crippen molar-refractivity contribution >= 4 is 11.6 Å². The molecule has 0 atom stereocenters. The van der Waals surface area contributed by atoms with Crippen molar-refractivity contribution in [2.45, 2.75) is 12.8 Å². The Morgan fingerprint density at radius 1 is 0.903 bits per heavy atom. The number of Topliss-reactive ketones (excluding diaryl/α,β-unsaturated/α-hetero) is 2. The normalized spacial score (nSPS) is 10.9. The van der Waals surface area contributed by atoms with Crippen LogP contribution >= 0.6 is 0 Å². The average molecular weight is 417 g/mol. The molecule has 31 heavy (non-hydrogen) atoms. The maximum Gasteiger partial charge on any atom is 0.223 e. The molecule has 6 heteroatoms. The SMILES string of the molecule is O=C(CO)c1ccc(CCC(=O)c2[nH]c(-c3ccccc3)cc2-c2ccc(F)cc2)o1. The summed E-state index contributed by atoms with van der Waals surface area (Å²) in [6, 6.07) is 20.6. The lowest BCUT2D eigenvalue weighted by molar-refractivity contribution is 0.0874. The zero-order valence-corrected chi connectivity index (χ0v) is 16.6. The van der Waals surface area contributed by atoms with Gasteiger partial charge in [0.15, 0.2) is 11.5 Å². The van der Waals surface area contributed by atoms with Crippen molar-refractivity contribution in [3.8, 4) is 22.4 Å². The number of ketones is 2. The van der Waals surface area contributed by atoms with Crippen molar-refractivity contribution in [1.82, 2.24) is 4.98 Å². The maximum absolute atomic E-state index is 13.4. The number of hydrogen-bond donors (Lipinski definition) is 2. The van der Waals surface area contributed by atoms with Gasteiger partial charge in [-0.2, -0.15) is 0 Å². The second kappa shape index (κ2) is 8.93. The summed E-state index contributed by atoms with van der Waals surface area (Å²) in [5.41, 5.74) is 3.58. The van der Waals surface area contributed by atoms with E-state index in [1.807, 2.05) is 36.4 Å². The number of aryl methyl sites for hydroxylation is 1. The minimum absolute atomic E-state index is 0.0724. The third kappa shape index (κ3) is 4.54. The number of benzene rings is 2. The Morgan fingerprint density at radius 3 is 2.35 bits per heavy atom. The van der Waals surface area contributed by atoms with Gasteiger partial charge in [-0.1, -0.05) is 42.5 Å². The van der Waals surface area contributed by atoms with Gasteiger partial charge in [-0.25, -0.2) is 4.39 Å². The number of H-pyrrole nitrogens is 1. The summed E-state index contributed by atoms with van der Waals surface area (Å²) in [5.74, 6) is -0.422. The van der Waals surface area contributed by atoms with Crippen LogP contribution in [0.25, 0.3) is 22.4 Å². The zero-order valence-electron chi connectivity index (χ0n) is 16.6. The summed E-state index contributed by atoms with van der Waals surface area (Å²) >= 11 is 0. The molecule has 0 radical (unpaired) electrons. The van der Waals surface area contributed by atoms with Crippen molar-refractivity contribution in [3.05, 3.63) is 95.8 Å². The number of nitrogens with one attached hydrogen (secondary N) is 1. The van der Waals surface area contributed by atoms with Crippen molar-refractivity contribution < 1.29 is 23.5 Å². The number of carbonyl (C=O) groups is 2. The molecule has 0 saturated carbocycles. The Morgan fingerprint density at radius 2 is 1.65 bits per heavy atom. The number of rotatable bonds is 8. The molecule has 0 saturated heterocycles. The van der Waals surface area contributed by atoms with Crippen LogP contribution in [0.5, 0.6) is 0 Å². The van der Waals surface area contributed by atoms with Gasteiger partial charge in [-0.3, -0.25) is 9.59 Å². The van der Waals surface area contributed by atoms with Gasteiger partial charge in [0.2, 0.25) is 5.78 Å². The summed E-state index contributed by atoms with van der Waals surface area (Å²) in [4.78, 5) is 27.8. The van der Waals surface area contributed by atoms with Crippen LogP contribution in [0.2, 0.25) is 0 Å². The molecule has 2 N–H and O–H groups in total. The molecule has 5 nitrogen and oxygen atoms in total. The van der Waals surface area contributed by atoms with E-state index in [0.717, 1.165) is 16.8 Å². The molecule has 0 spiro atoms. The van der Waals surface area contributed by atoms with E-state index in [4.69, 9.17) is 9.52 Å². The zero-order chi connectivity index (χ0) is 21.8. The Balaban J connectivity index is 1.61. The number of aliphatic hydroxyl groups is 1. The first-order valence-electron chi connectivity index (χ1n) is 9.85. The molecular formula is C25H20FNO4. The van der Waals surface area contributed by atoms with Crippen molar-refractivity contribution in [2.75, 3.05) is 6.61 Å². The van der Waals surface area contributed by atoms with E-state index in [2.05, 4.69) is 4.98 Å². The smallest absolute Gasteiger partial charge is 0.223 e. The van der Waals surface area contributed by atoms with Crippen LogP contribution in [0, 0.1) is 5.82 Å². The average Bonchev–Trinajstić information content (AvgIpc) is 3.46. The van der Waals surface area contributed by atoms with Gasteiger partial charge in [0.05, 0.1) is 5.69 Å². The number of hydrogen-bond acceptors (Lipinski definition) is 4. The predicted octanol–water partition coefficient (Wildman–Crippen LogP) is 5.07. The summed E-state index contributed by atoms with van der Waals surface area (Å²) in [6.45, 7) is -0.627. The Hall–Kier alpha value is -3.77. The highest BCUT2D eigenvalue weighted by Crippen LogP contribution is 2.31. The van der Waals surface area contributed by atoms with Gasteiger partial charge >= 0.3 is 0 Å². The molecule has 4 aromatic rings. The quantitative estimate of drug-likeness (QED) is 0.392. The van der Waals surface area contributed by atoms with E-state index in [9.17, 15) is 14.0 Å². The number of aromatic amines is 1. The molecule has 2 aromatic heterocycles. The fourth-order valence-electron chi connectivity index (χ4n) is 3.41. The van der Waals surface area contributed by atoms with Crippen molar-refractivity contribution in [1.29, 1.82) is 0 Å². The van der Waals surface area contributed by atoms with E-state index in [1.165, 1.54) is 18.2 Å². The van der Waals surface area contributed by atoms with Crippen LogP contribution in [0.4, 0.5) is 4.39 Å². The molecular weight excluding hydrogens is 397 g/mol. The van der Waals surface area contributed by atoms with Gasteiger partial charge in [-0.05, 0) is 41.5 Å². The molecule has 0 aliphatic heterocycles. The van der Waals surface area contributed by atoms with Crippen LogP contribution in [0.3, 0.4) is 0 Å². The van der Waals surface area contributed by atoms with E-state index >= 15 is 0 Å². The number of aliphatic hydroxyl groups excluding tert-OH is 1. The van der Waals surface area contributed by atoms with Crippen LogP contribution in [0.15, 0.2) is 77.2 Å². The first-order valence-corrected chi connectivity index (χ1v) is 9.85. The van der Waals surface area contributed by atoms with E-state index in [0.29, 0.717) is 23.4 Å². The lowest BCUT2D eigenvalue weighted by Gasteiger charge is -2.04. The molecule has 0 unspecified atom stereocenters. The predicted molar refractivity (Wildman–Crippen MR) is 114 cm³/mol. The Labute approximate surface area is 178 Å². The lowest BCUT2D eigenvalue weighted by atomic mass is 10.0.